The van der Waals surface area contributed by atoms with E-state index < -0.39 is 11.9 Å². The van der Waals surface area contributed by atoms with Crippen LogP contribution in [0.1, 0.15) is 36.2 Å². The van der Waals surface area contributed by atoms with E-state index in [2.05, 4.69) is 10.4 Å². The van der Waals surface area contributed by atoms with Crippen LogP contribution in [-0.4, -0.2) is 33.3 Å². The Labute approximate surface area is 141 Å². The fourth-order valence-electron chi connectivity index (χ4n) is 2.55. The lowest BCUT2D eigenvalue weighted by Gasteiger charge is -2.15. The number of hydrogen-bond donors (Lipinski definition) is 2. The Kier molecular flexibility index (Phi) is 5.73. The first-order chi connectivity index (χ1) is 11.4. The topological polar surface area (TPSA) is 84.2 Å². The summed E-state index contributed by atoms with van der Waals surface area (Å²) >= 11 is 0. The summed E-state index contributed by atoms with van der Waals surface area (Å²) in [5, 5.41) is 16.1. The molecule has 1 atom stereocenters. The Morgan fingerprint density at radius 1 is 1.29 bits per heavy atom. The van der Waals surface area contributed by atoms with Crippen molar-refractivity contribution in [1.82, 2.24) is 15.1 Å². The second-order valence-electron chi connectivity index (χ2n) is 6.33. The maximum atomic E-state index is 12.2. The molecule has 2 N–H and O–H groups in total. The first-order valence-corrected chi connectivity index (χ1v) is 8.00. The highest BCUT2D eigenvalue weighted by molar-refractivity contribution is 5.94. The minimum Gasteiger partial charge on any atom is -0.481 e. The van der Waals surface area contributed by atoms with Crippen molar-refractivity contribution in [2.24, 2.45) is 11.8 Å². The second kappa shape index (κ2) is 7.77. The number of nitrogens with one attached hydrogen (secondary N) is 1. The third-order valence-corrected chi connectivity index (χ3v) is 3.82. The number of aliphatic carboxylic acids is 1. The zero-order chi connectivity index (χ0) is 17.7. The number of amides is 1. The third-order valence-electron chi connectivity index (χ3n) is 3.82. The van der Waals surface area contributed by atoms with Gasteiger partial charge in [0, 0.05) is 12.7 Å². The van der Waals surface area contributed by atoms with Gasteiger partial charge in [-0.05, 0) is 30.9 Å². The average Bonchev–Trinajstić information content (AvgIpc) is 3.00. The fourth-order valence-corrected chi connectivity index (χ4v) is 2.55. The number of aryl methyl sites for hydroxylation is 1. The first kappa shape index (κ1) is 17.7. The largest absolute Gasteiger partial charge is 0.481 e. The van der Waals surface area contributed by atoms with Crippen LogP contribution in [-0.2, 0) is 4.79 Å². The highest BCUT2D eigenvalue weighted by Crippen LogP contribution is 2.14. The van der Waals surface area contributed by atoms with Crippen LogP contribution in [0.4, 0.5) is 0 Å². The van der Waals surface area contributed by atoms with Gasteiger partial charge in [-0.2, -0.15) is 5.10 Å². The van der Waals surface area contributed by atoms with Crippen molar-refractivity contribution in [3.05, 3.63) is 47.8 Å². The van der Waals surface area contributed by atoms with Crippen LogP contribution >= 0.6 is 0 Å². The van der Waals surface area contributed by atoms with Gasteiger partial charge in [-0.25, -0.2) is 4.68 Å². The normalized spacial score (nSPS) is 12.2. The van der Waals surface area contributed by atoms with Crippen LogP contribution in [0.2, 0.25) is 0 Å². The predicted molar refractivity (Wildman–Crippen MR) is 91.2 cm³/mol. The molecule has 24 heavy (non-hydrogen) atoms. The molecule has 0 radical (unpaired) electrons. The van der Waals surface area contributed by atoms with Crippen LogP contribution in [0, 0.1) is 18.8 Å². The Morgan fingerprint density at radius 3 is 2.62 bits per heavy atom. The molecular weight excluding hydrogens is 306 g/mol. The summed E-state index contributed by atoms with van der Waals surface area (Å²) in [4.78, 5) is 23.5. The van der Waals surface area contributed by atoms with E-state index >= 15 is 0 Å². The maximum Gasteiger partial charge on any atom is 0.308 e. The van der Waals surface area contributed by atoms with Gasteiger partial charge in [0.1, 0.15) is 0 Å². The Hall–Kier alpha value is -2.63. The van der Waals surface area contributed by atoms with Crippen molar-refractivity contribution in [2.45, 2.75) is 27.2 Å². The standard InChI is InChI=1S/C18H23N3O3/c1-12(2)8-14(18(23)24)9-19-17(22)15-10-20-21(11-15)16-7-5-4-6-13(16)3/h4-7,10-12,14H,8-9H2,1-3H3,(H,19,22)(H,23,24). The molecule has 0 aliphatic carbocycles. The van der Waals surface area contributed by atoms with Crippen molar-refractivity contribution >= 4 is 11.9 Å². The molecule has 128 valence electrons. The molecule has 0 saturated heterocycles. The molecule has 1 heterocycles. The molecule has 0 aliphatic heterocycles. The molecule has 0 spiro atoms. The van der Waals surface area contributed by atoms with Crippen molar-refractivity contribution < 1.29 is 14.7 Å². The second-order valence-corrected chi connectivity index (χ2v) is 6.33. The van der Waals surface area contributed by atoms with E-state index in [1.807, 2.05) is 45.0 Å². The number of carboxylic acids is 1. The number of carbonyl (C=O) groups excluding carboxylic acids is 1. The molecule has 1 amide bonds. The van der Waals surface area contributed by atoms with Crippen molar-refractivity contribution in [2.75, 3.05) is 6.54 Å². The molecule has 0 saturated carbocycles. The number of benzene rings is 1. The maximum absolute atomic E-state index is 12.2. The van der Waals surface area contributed by atoms with Crippen LogP contribution in [0.25, 0.3) is 5.69 Å². The summed E-state index contributed by atoms with van der Waals surface area (Å²) in [6, 6.07) is 7.75. The highest BCUT2D eigenvalue weighted by atomic mass is 16.4. The Bertz CT molecular complexity index is 722. The molecule has 0 bridgehead atoms. The van der Waals surface area contributed by atoms with Gasteiger partial charge in [0.25, 0.3) is 5.91 Å². The number of carbonyl (C=O) groups is 2. The van der Waals surface area contributed by atoms with E-state index in [4.69, 9.17) is 0 Å². The highest BCUT2D eigenvalue weighted by Gasteiger charge is 2.20. The molecule has 2 rings (SSSR count). The lowest BCUT2D eigenvalue weighted by atomic mass is 9.97. The number of aromatic nitrogens is 2. The Morgan fingerprint density at radius 2 is 2.00 bits per heavy atom. The van der Waals surface area contributed by atoms with Gasteiger partial charge in [0.05, 0.1) is 23.4 Å². The Balaban J connectivity index is 2.03. The SMILES string of the molecule is Cc1ccccc1-n1cc(C(=O)NCC(CC(C)C)C(=O)O)cn1. The third kappa shape index (κ3) is 4.44. The van der Waals surface area contributed by atoms with Gasteiger partial charge in [0.2, 0.25) is 0 Å². The zero-order valence-electron chi connectivity index (χ0n) is 14.2. The first-order valence-electron chi connectivity index (χ1n) is 8.00. The predicted octanol–water partition coefficient (Wildman–Crippen LogP) is 2.66. The fraction of sp³-hybridized carbons (Fsp3) is 0.389. The zero-order valence-corrected chi connectivity index (χ0v) is 14.2. The molecular formula is C18H23N3O3. The summed E-state index contributed by atoms with van der Waals surface area (Å²) in [5.74, 6) is -1.53. The summed E-state index contributed by atoms with van der Waals surface area (Å²) < 4.78 is 1.65. The monoisotopic (exact) mass is 329 g/mol. The lowest BCUT2D eigenvalue weighted by Crippen LogP contribution is -2.33. The average molecular weight is 329 g/mol. The summed E-state index contributed by atoms with van der Waals surface area (Å²) in [5.41, 5.74) is 2.36. The van der Waals surface area contributed by atoms with E-state index in [0.29, 0.717) is 12.0 Å². The van der Waals surface area contributed by atoms with Crippen molar-refractivity contribution in [3.63, 3.8) is 0 Å². The number of nitrogens with zero attached hydrogens (tertiary/aromatic N) is 2. The van der Waals surface area contributed by atoms with Gasteiger partial charge < -0.3 is 10.4 Å². The van der Waals surface area contributed by atoms with Crippen LogP contribution in [0.5, 0.6) is 0 Å². The van der Waals surface area contributed by atoms with E-state index in [9.17, 15) is 14.7 Å². The van der Waals surface area contributed by atoms with E-state index in [1.54, 1.807) is 10.9 Å². The molecule has 1 unspecified atom stereocenters. The molecule has 1 aromatic carbocycles. The minimum absolute atomic E-state index is 0.113. The minimum atomic E-state index is -0.889. The van der Waals surface area contributed by atoms with Gasteiger partial charge in [-0.15, -0.1) is 0 Å². The summed E-state index contributed by atoms with van der Waals surface area (Å²) in [6.07, 6.45) is 3.66. The van der Waals surface area contributed by atoms with E-state index in [1.165, 1.54) is 6.20 Å². The van der Waals surface area contributed by atoms with Gasteiger partial charge >= 0.3 is 5.97 Å². The van der Waals surface area contributed by atoms with Gasteiger partial charge in [-0.1, -0.05) is 32.0 Å². The molecule has 0 aliphatic rings. The van der Waals surface area contributed by atoms with E-state index in [-0.39, 0.29) is 18.4 Å². The smallest absolute Gasteiger partial charge is 0.308 e. The van der Waals surface area contributed by atoms with Crippen molar-refractivity contribution in [1.29, 1.82) is 0 Å². The van der Waals surface area contributed by atoms with Crippen LogP contribution in [0.15, 0.2) is 36.7 Å². The van der Waals surface area contributed by atoms with Gasteiger partial charge in [-0.3, -0.25) is 9.59 Å². The lowest BCUT2D eigenvalue weighted by molar-refractivity contribution is -0.142. The molecule has 1 aromatic heterocycles. The molecule has 6 nitrogen and oxygen atoms in total. The number of rotatable bonds is 7. The van der Waals surface area contributed by atoms with Crippen LogP contribution in [0.3, 0.4) is 0 Å². The summed E-state index contributed by atoms with van der Waals surface area (Å²) in [6.45, 7) is 6.01. The molecule has 0 fully saturated rings. The quantitative estimate of drug-likeness (QED) is 0.818. The summed E-state index contributed by atoms with van der Waals surface area (Å²) in [7, 11) is 0. The molecule has 2 aromatic rings. The van der Waals surface area contributed by atoms with Crippen LogP contribution < -0.4 is 5.32 Å². The van der Waals surface area contributed by atoms with Gasteiger partial charge in [0.15, 0.2) is 0 Å². The van der Waals surface area contributed by atoms with E-state index in [0.717, 1.165) is 11.3 Å². The number of carboxylic acid groups (broad SMARTS) is 1. The number of para-hydroxylation sites is 1. The van der Waals surface area contributed by atoms with Crippen molar-refractivity contribution in [3.8, 4) is 5.69 Å². The number of hydrogen-bond acceptors (Lipinski definition) is 3. The molecule has 6 heteroatoms.